The summed E-state index contributed by atoms with van der Waals surface area (Å²) in [5, 5.41) is 5.27. The Hall–Kier alpha value is -2.44. The van der Waals surface area contributed by atoms with Crippen LogP contribution in [0.2, 0.25) is 0 Å². The summed E-state index contributed by atoms with van der Waals surface area (Å²) >= 11 is 5.07. The quantitative estimate of drug-likeness (QED) is 0.366. The zero-order valence-corrected chi connectivity index (χ0v) is 18.9. The number of benzene rings is 2. The van der Waals surface area contributed by atoms with Gasteiger partial charge in [-0.05, 0) is 41.8 Å². The summed E-state index contributed by atoms with van der Waals surface area (Å²) in [7, 11) is 0. The van der Waals surface area contributed by atoms with Crippen LogP contribution in [-0.4, -0.2) is 9.97 Å². The third-order valence-electron chi connectivity index (χ3n) is 4.68. The first-order valence-electron chi connectivity index (χ1n) is 9.43. The van der Waals surface area contributed by atoms with E-state index in [2.05, 4.69) is 47.0 Å². The van der Waals surface area contributed by atoms with Crippen molar-refractivity contribution < 1.29 is 0 Å². The SMILES string of the molecule is CC(C)(C)c1nc(Nc2ccc(Br)cc2)sc1Cc1cc2ccccc2[nH]c1=O. The van der Waals surface area contributed by atoms with Crippen LogP contribution in [-0.2, 0) is 11.8 Å². The summed E-state index contributed by atoms with van der Waals surface area (Å²) in [4.78, 5) is 21.6. The van der Waals surface area contributed by atoms with Gasteiger partial charge >= 0.3 is 0 Å². The third kappa shape index (κ3) is 4.43. The highest BCUT2D eigenvalue weighted by Gasteiger charge is 2.24. The molecule has 4 aromatic rings. The highest BCUT2D eigenvalue weighted by molar-refractivity contribution is 9.10. The van der Waals surface area contributed by atoms with Crippen molar-refractivity contribution in [2.75, 3.05) is 5.32 Å². The van der Waals surface area contributed by atoms with Gasteiger partial charge in [0.2, 0.25) is 0 Å². The molecule has 148 valence electrons. The van der Waals surface area contributed by atoms with Crippen LogP contribution in [0.5, 0.6) is 0 Å². The summed E-state index contributed by atoms with van der Waals surface area (Å²) in [6, 6.07) is 17.9. The van der Waals surface area contributed by atoms with Crippen molar-refractivity contribution in [3.05, 3.63) is 85.6 Å². The molecule has 0 radical (unpaired) electrons. The zero-order chi connectivity index (χ0) is 20.6. The molecule has 2 heterocycles. The molecule has 0 unspecified atom stereocenters. The predicted molar refractivity (Wildman–Crippen MR) is 126 cm³/mol. The molecule has 0 fully saturated rings. The molecule has 0 aliphatic heterocycles. The number of H-pyrrole nitrogens is 1. The molecule has 2 aromatic heterocycles. The Bertz CT molecular complexity index is 1220. The number of pyridine rings is 1. The number of hydrogen-bond donors (Lipinski definition) is 2. The maximum atomic E-state index is 12.6. The van der Waals surface area contributed by atoms with Crippen molar-refractivity contribution in [1.82, 2.24) is 9.97 Å². The molecule has 0 spiro atoms. The van der Waals surface area contributed by atoms with Crippen LogP contribution < -0.4 is 10.9 Å². The maximum Gasteiger partial charge on any atom is 0.251 e. The molecule has 0 aliphatic carbocycles. The van der Waals surface area contributed by atoms with E-state index in [1.54, 1.807) is 11.3 Å². The van der Waals surface area contributed by atoms with Crippen molar-refractivity contribution in [1.29, 1.82) is 0 Å². The fraction of sp³-hybridized carbons (Fsp3) is 0.217. The fourth-order valence-corrected chi connectivity index (χ4v) is 4.74. The van der Waals surface area contributed by atoms with E-state index in [9.17, 15) is 4.79 Å². The molecule has 0 aliphatic rings. The highest BCUT2D eigenvalue weighted by atomic mass is 79.9. The molecule has 2 aromatic carbocycles. The predicted octanol–water partition coefficient (Wildman–Crippen LogP) is 6.38. The van der Waals surface area contributed by atoms with Crippen molar-refractivity contribution in [2.45, 2.75) is 32.6 Å². The molecular formula is C23H22BrN3OS. The number of para-hydroxylation sites is 1. The molecule has 4 rings (SSSR count). The lowest BCUT2D eigenvalue weighted by Crippen LogP contribution is -2.17. The molecule has 0 atom stereocenters. The number of nitrogens with one attached hydrogen (secondary N) is 2. The molecule has 4 nitrogen and oxygen atoms in total. The number of thiazole rings is 1. The molecule has 29 heavy (non-hydrogen) atoms. The van der Waals surface area contributed by atoms with Gasteiger partial charge in [-0.1, -0.05) is 54.9 Å². The molecule has 6 heteroatoms. The zero-order valence-electron chi connectivity index (χ0n) is 16.5. The Kier molecular flexibility index (Phi) is 5.32. The van der Waals surface area contributed by atoms with Gasteiger partial charge in [0.15, 0.2) is 5.13 Å². The fourth-order valence-electron chi connectivity index (χ4n) is 3.26. The number of aromatic amines is 1. The van der Waals surface area contributed by atoms with Crippen LogP contribution in [0.4, 0.5) is 10.8 Å². The number of aromatic nitrogens is 2. The van der Waals surface area contributed by atoms with Gasteiger partial charge in [0.25, 0.3) is 5.56 Å². The highest BCUT2D eigenvalue weighted by Crippen LogP contribution is 2.35. The number of hydrogen-bond acceptors (Lipinski definition) is 4. The van der Waals surface area contributed by atoms with E-state index in [0.29, 0.717) is 6.42 Å². The van der Waals surface area contributed by atoms with Gasteiger partial charge in [-0.15, -0.1) is 11.3 Å². The van der Waals surface area contributed by atoms with E-state index < -0.39 is 0 Å². The second kappa shape index (κ2) is 7.76. The molecule has 0 saturated heterocycles. The normalized spacial score (nSPS) is 11.7. The standard InChI is InChI=1S/C23H22BrN3OS/c1-23(2,3)20-19(29-22(27-20)25-17-10-8-16(24)9-11-17)13-15-12-14-6-4-5-7-18(14)26-21(15)28/h4-12H,13H2,1-3H3,(H,25,27)(H,26,28). The average Bonchev–Trinajstić information content (AvgIpc) is 3.07. The Morgan fingerprint density at radius 3 is 2.55 bits per heavy atom. The summed E-state index contributed by atoms with van der Waals surface area (Å²) < 4.78 is 1.04. The summed E-state index contributed by atoms with van der Waals surface area (Å²) in [5.74, 6) is 0. The van der Waals surface area contributed by atoms with Gasteiger partial charge in [0.05, 0.1) is 5.69 Å². The third-order valence-corrected chi connectivity index (χ3v) is 6.18. The van der Waals surface area contributed by atoms with Crippen LogP contribution in [0.3, 0.4) is 0 Å². The van der Waals surface area contributed by atoms with Crippen LogP contribution in [0.25, 0.3) is 10.9 Å². The summed E-state index contributed by atoms with van der Waals surface area (Å²) in [6.07, 6.45) is 0.562. The molecule has 2 N–H and O–H groups in total. The second-order valence-corrected chi connectivity index (χ2v) is 10.1. The monoisotopic (exact) mass is 467 g/mol. The number of fused-ring (bicyclic) bond motifs is 1. The first kappa shape index (κ1) is 19.9. The number of halogens is 1. The van der Waals surface area contributed by atoms with Gasteiger partial charge in [-0.3, -0.25) is 4.79 Å². The van der Waals surface area contributed by atoms with Gasteiger partial charge in [0, 0.05) is 38.0 Å². The minimum atomic E-state index is -0.116. The van der Waals surface area contributed by atoms with Crippen molar-refractivity contribution in [3.63, 3.8) is 0 Å². The Balaban J connectivity index is 1.71. The largest absolute Gasteiger partial charge is 0.332 e. The van der Waals surface area contributed by atoms with Crippen LogP contribution >= 0.6 is 27.3 Å². The van der Waals surface area contributed by atoms with Crippen molar-refractivity contribution in [2.24, 2.45) is 0 Å². The summed E-state index contributed by atoms with van der Waals surface area (Å²) in [6.45, 7) is 6.46. The Labute approximate surface area is 182 Å². The Morgan fingerprint density at radius 2 is 1.83 bits per heavy atom. The number of rotatable bonds is 4. The van der Waals surface area contributed by atoms with E-state index in [4.69, 9.17) is 4.98 Å². The lowest BCUT2D eigenvalue weighted by Gasteiger charge is -2.17. The smallest absolute Gasteiger partial charge is 0.251 e. The van der Waals surface area contributed by atoms with Crippen LogP contribution in [0.15, 0.2) is 63.9 Å². The first-order chi connectivity index (χ1) is 13.8. The topological polar surface area (TPSA) is 57.8 Å². The van der Waals surface area contributed by atoms with Crippen LogP contribution in [0, 0.1) is 0 Å². The number of anilines is 2. The second-order valence-electron chi connectivity index (χ2n) is 8.06. The molecule has 0 bridgehead atoms. The number of nitrogens with zero attached hydrogens (tertiary/aromatic N) is 1. The van der Waals surface area contributed by atoms with Crippen LogP contribution in [0.1, 0.15) is 36.9 Å². The minimum absolute atomic E-state index is 0.0422. The Morgan fingerprint density at radius 1 is 1.10 bits per heavy atom. The lowest BCUT2D eigenvalue weighted by molar-refractivity contribution is 0.568. The molecule has 0 amide bonds. The van der Waals surface area contributed by atoms with E-state index in [0.717, 1.165) is 42.3 Å². The van der Waals surface area contributed by atoms with Crippen molar-refractivity contribution >= 4 is 49.0 Å². The van der Waals surface area contributed by atoms with Crippen molar-refractivity contribution in [3.8, 4) is 0 Å². The van der Waals surface area contributed by atoms with Gasteiger partial charge < -0.3 is 10.3 Å². The maximum absolute atomic E-state index is 12.6. The van der Waals surface area contributed by atoms with E-state index >= 15 is 0 Å². The van der Waals surface area contributed by atoms with Gasteiger partial charge in [0.1, 0.15) is 0 Å². The molecular weight excluding hydrogens is 446 g/mol. The minimum Gasteiger partial charge on any atom is -0.332 e. The van der Waals surface area contributed by atoms with Gasteiger partial charge in [-0.25, -0.2) is 4.98 Å². The van der Waals surface area contributed by atoms with E-state index in [-0.39, 0.29) is 11.0 Å². The average molecular weight is 468 g/mol. The first-order valence-corrected chi connectivity index (χ1v) is 11.0. The molecule has 0 saturated carbocycles. The van der Waals surface area contributed by atoms with E-state index in [1.807, 2.05) is 54.6 Å². The van der Waals surface area contributed by atoms with Gasteiger partial charge in [-0.2, -0.15) is 0 Å². The van der Waals surface area contributed by atoms with E-state index in [1.165, 1.54) is 0 Å². The lowest BCUT2D eigenvalue weighted by atomic mass is 9.90. The summed E-state index contributed by atoms with van der Waals surface area (Å²) in [5.41, 5.74) is 3.47.